The minimum atomic E-state index is -3.18. The Labute approximate surface area is 83.4 Å². The van der Waals surface area contributed by atoms with Gasteiger partial charge in [-0.25, -0.2) is 4.79 Å². The van der Waals surface area contributed by atoms with Gasteiger partial charge in [0, 0.05) is 5.69 Å². The number of carbonyl (C=O) groups excluding carboxylic acids is 1. The second kappa shape index (κ2) is 4.23. The summed E-state index contributed by atoms with van der Waals surface area (Å²) in [6, 6.07) is 4.23. The molecule has 0 radical (unpaired) electrons. The van der Waals surface area contributed by atoms with Crippen molar-refractivity contribution in [3.05, 3.63) is 28.8 Å². The summed E-state index contributed by atoms with van der Waals surface area (Å²) in [5.74, 6) is -1.23. The van der Waals surface area contributed by atoms with Gasteiger partial charge >= 0.3 is 12.6 Å². The van der Waals surface area contributed by atoms with Crippen LogP contribution in [0.3, 0.4) is 0 Å². The molecule has 1 aromatic carbocycles. The Morgan fingerprint density at radius 1 is 1.50 bits per heavy atom. The van der Waals surface area contributed by atoms with E-state index in [-0.39, 0.29) is 16.3 Å². The number of benzene rings is 1. The van der Waals surface area contributed by atoms with E-state index in [1.807, 2.05) is 0 Å². The summed E-state index contributed by atoms with van der Waals surface area (Å²) in [5.41, 5.74) is 5.13. The molecule has 0 aliphatic carbocycles. The maximum atomic E-state index is 11.7. The fraction of sp³-hybridized carbons (Fsp3) is 0.125. The van der Waals surface area contributed by atoms with Gasteiger partial charge in [0.25, 0.3) is 0 Å². The third kappa shape index (κ3) is 2.32. The highest BCUT2D eigenvalue weighted by Gasteiger charge is 2.18. The summed E-state index contributed by atoms with van der Waals surface area (Å²) in [7, 11) is 0. The Morgan fingerprint density at radius 2 is 2.14 bits per heavy atom. The zero-order valence-electron chi connectivity index (χ0n) is 6.84. The smallest absolute Gasteiger partial charge is 0.389 e. The van der Waals surface area contributed by atoms with Crippen LogP contribution < -0.4 is 5.73 Å². The predicted octanol–water partition coefficient (Wildman–Crippen LogP) is 2.30. The lowest BCUT2D eigenvalue weighted by Crippen LogP contribution is -2.12. The van der Waals surface area contributed by atoms with Gasteiger partial charge < -0.3 is 10.5 Å². The van der Waals surface area contributed by atoms with Crippen LogP contribution >= 0.6 is 11.6 Å². The van der Waals surface area contributed by atoms with Crippen molar-refractivity contribution in [1.82, 2.24) is 0 Å². The first-order valence-corrected chi connectivity index (χ1v) is 3.93. The van der Waals surface area contributed by atoms with Gasteiger partial charge in [0.1, 0.15) is 5.56 Å². The van der Waals surface area contributed by atoms with Crippen LogP contribution in [0.4, 0.5) is 14.5 Å². The normalized spacial score (nSPS) is 10.3. The van der Waals surface area contributed by atoms with Gasteiger partial charge in [0.2, 0.25) is 0 Å². The van der Waals surface area contributed by atoms with Crippen molar-refractivity contribution in [3.63, 3.8) is 0 Å². The Bertz CT molecular complexity index is 337. The molecule has 1 rings (SSSR count). The van der Waals surface area contributed by atoms with Gasteiger partial charge in [0.05, 0.1) is 5.02 Å². The van der Waals surface area contributed by atoms with Crippen molar-refractivity contribution in [2.45, 2.75) is 6.61 Å². The van der Waals surface area contributed by atoms with Gasteiger partial charge in [-0.05, 0) is 12.1 Å². The average molecular weight is 222 g/mol. The predicted molar refractivity (Wildman–Crippen MR) is 47.3 cm³/mol. The quantitative estimate of drug-likeness (QED) is 0.616. The molecule has 0 spiro atoms. The van der Waals surface area contributed by atoms with Crippen molar-refractivity contribution < 1.29 is 18.3 Å². The van der Waals surface area contributed by atoms with Crippen LogP contribution in [0.25, 0.3) is 0 Å². The van der Waals surface area contributed by atoms with E-state index in [1.54, 1.807) is 0 Å². The molecular formula is C8H6ClF2NO2. The van der Waals surface area contributed by atoms with Crippen LogP contribution in [-0.2, 0) is 4.74 Å². The summed E-state index contributed by atoms with van der Waals surface area (Å²) in [4.78, 5) is 11.0. The summed E-state index contributed by atoms with van der Waals surface area (Å²) in [5, 5.41) is -0.0179. The third-order valence-electron chi connectivity index (χ3n) is 1.45. The highest BCUT2D eigenvalue weighted by Crippen LogP contribution is 2.23. The van der Waals surface area contributed by atoms with Crippen molar-refractivity contribution in [3.8, 4) is 0 Å². The minimum absolute atomic E-state index is 0.00292. The fourth-order valence-electron chi connectivity index (χ4n) is 0.896. The molecule has 0 aliphatic rings. The molecule has 0 bridgehead atoms. The second-order valence-corrected chi connectivity index (χ2v) is 2.78. The molecule has 0 aliphatic heterocycles. The number of alkyl halides is 2. The largest absolute Gasteiger partial charge is 0.399 e. The zero-order chi connectivity index (χ0) is 10.7. The molecule has 0 heterocycles. The van der Waals surface area contributed by atoms with Crippen molar-refractivity contribution >= 4 is 23.3 Å². The van der Waals surface area contributed by atoms with Crippen LogP contribution in [0.15, 0.2) is 18.2 Å². The Balaban J connectivity index is 3.00. The van der Waals surface area contributed by atoms with Crippen LogP contribution in [0.1, 0.15) is 10.4 Å². The lowest BCUT2D eigenvalue weighted by molar-refractivity contribution is -0.0905. The van der Waals surface area contributed by atoms with E-state index >= 15 is 0 Å². The number of nitrogen functional groups attached to an aromatic ring is 1. The van der Waals surface area contributed by atoms with E-state index in [2.05, 4.69) is 4.74 Å². The standard InChI is InChI=1S/C8H6ClF2NO2/c9-4-2-1-3-5(12)6(4)7(13)14-8(10)11/h1-3,8H,12H2. The van der Waals surface area contributed by atoms with E-state index in [9.17, 15) is 13.6 Å². The number of esters is 1. The number of nitrogens with two attached hydrogens (primary N) is 1. The SMILES string of the molecule is Nc1cccc(Cl)c1C(=O)OC(F)F. The molecule has 0 fully saturated rings. The van der Waals surface area contributed by atoms with Crippen LogP contribution in [0.2, 0.25) is 5.02 Å². The molecule has 2 N–H and O–H groups in total. The van der Waals surface area contributed by atoms with Crippen molar-refractivity contribution in [2.24, 2.45) is 0 Å². The monoisotopic (exact) mass is 221 g/mol. The zero-order valence-corrected chi connectivity index (χ0v) is 7.59. The fourth-order valence-corrected chi connectivity index (χ4v) is 1.16. The molecule has 0 unspecified atom stereocenters. The van der Waals surface area contributed by atoms with Gasteiger partial charge in [-0.2, -0.15) is 8.78 Å². The Kier molecular flexibility index (Phi) is 3.24. The summed E-state index contributed by atoms with van der Waals surface area (Å²) < 4.78 is 27.1. The number of rotatable bonds is 2. The first-order chi connectivity index (χ1) is 6.52. The van der Waals surface area contributed by atoms with Crippen molar-refractivity contribution in [1.29, 1.82) is 0 Å². The number of hydrogen-bond acceptors (Lipinski definition) is 3. The summed E-state index contributed by atoms with van der Waals surface area (Å²) in [6.45, 7) is -3.18. The van der Waals surface area contributed by atoms with Crippen LogP contribution in [0.5, 0.6) is 0 Å². The highest BCUT2D eigenvalue weighted by atomic mass is 35.5. The maximum absolute atomic E-state index is 11.7. The molecule has 1 aromatic rings. The minimum Gasteiger partial charge on any atom is -0.399 e. The molecule has 3 nitrogen and oxygen atoms in total. The van der Waals surface area contributed by atoms with Crippen LogP contribution in [0, 0.1) is 0 Å². The Hall–Kier alpha value is -1.36. The van der Waals surface area contributed by atoms with E-state index < -0.39 is 12.6 Å². The molecule has 76 valence electrons. The lowest BCUT2D eigenvalue weighted by atomic mass is 10.2. The first-order valence-electron chi connectivity index (χ1n) is 3.55. The summed E-state index contributed by atoms with van der Waals surface area (Å²) >= 11 is 5.58. The first kappa shape index (κ1) is 10.7. The number of anilines is 1. The van der Waals surface area contributed by atoms with E-state index in [1.165, 1.54) is 18.2 Å². The molecule has 0 saturated heterocycles. The summed E-state index contributed by atoms with van der Waals surface area (Å²) in [6.07, 6.45) is 0. The molecule has 0 saturated carbocycles. The second-order valence-electron chi connectivity index (χ2n) is 2.37. The highest BCUT2D eigenvalue weighted by molar-refractivity contribution is 6.34. The molecule has 0 atom stereocenters. The Morgan fingerprint density at radius 3 is 2.64 bits per heavy atom. The van der Waals surface area contributed by atoms with Crippen molar-refractivity contribution in [2.75, 3.05) is 5.73 Å². The molecule has 14 heavy (non-hydrogen) atoms. The molecule has 0 amide bonds. The maximum Gasteiger partial charge on any atom is 0.389 e. The average Bonchev–Trinajstić information content (AvgIpc) is 2.01. The molecule has 0 aromatic heterocycles. The van der Waals surface area contributed by atoms with E-state index in [4.69, 9.17) is 17.3 Å². The topological polar surface area (TPSA) is 52.3 Å². The number of carbonyl (C=O) groups is 1. The number of ether oxygens (including phenoxy) is 1. The van der Waals surface area contributed by atoms with E-state index in [0.717, 1.165) is 0 Å². The van der Waals surface area contributed by atoms with Gasteiger partial charge in [-0.15, -0.1) is 0 Å². The van der Waals surface area contributed by atoms with Gasteiger partial charge in [-0.1, -0.05) is 17.7 Å². The van der Waals surface area contributed by atoms with Crippen LogP contribution in [-0.4, -0.2) is 12.6 Å². The lowest BCUT2D eigenvalue weighted by Gasteiger charge is -2.06. The van der Waals surface area contributed by atoms with Gasteiger partial charge in [0.15, 0.2) is 0 Å². The third-order valence-corrected chi connectivity index (χ3v) is 1.76. The molecule has 6 heteroatoms. The molecular weight excluding hydrogens is 216 g/mol. The number of halogens is 3. The number of hydrogen-bond donors (Lipinski definition) is 1. The van der Waals surface area contributed by atoms with E-state index in [0.29, 0.717) is 0 Å². The van der Waals surface area contributed by atoms with Gasteiger partial charge in [-0.3, -0.25) is 0 Å².